The lowest BCUT2D eigenvalue weighted by Crippen LogP contribution is -2.43. The summed E-state index contributed by atoms with van der Waals surface area (Å²) in [6.07, 6.45) is 0. The Kier molecular flexibility index (Phi) is 8.77. The molecule has 0 aromatic heterocycles. The lowest BCUT2D eigenvalue weighted by molar-refractivity contribution is -0.123. The van der Waals surface area contributed by atoms with Crippen molar-refractivity contribution in [3.05, 3.63) is 54.1 Å². The van der Waals surface area contributed by atoms with E-state index < -0.39 is 6.04 Å². The van der Waals surface area contributed by atoms with Crippen molar-refractivity contribution in [3.63, 3.8) is 0 Å². The van der Waals surface area contributed by atoms with Gasteiger partial charge in [0.2, 0.25) is 5.91 Å². The summed E-state index contributed by atoms with van der Waals surface area (Å²) >= 11 is 0. The minimum absolute atomic E-state index is 0. The molecule has 1 unspecified atom stereocenters. The maximum absolute atomic E-state index is 11.7. The van der Waals surface area contributed by atoms with E-state index in [1.807, 2.05) is 48.5 Å². The highest BCUT2D eigenvalue weighted by atomic mass is 35.5. The van der Waals surface area contributed by atoms with Gasteiger partial charge in [0, 0.05) is 13.7 Å². The number of ether oxygens (including phenoxy) is 3. The molecule has 2 rings (SSSR count). The number of hydrogen-bond acceptors (Lipinski definition) is 5. The molecule has 0 aliphatic rings. The van der Waals surface area contributed by atoms with Crippen LogP contribution in [0.5, 0.6) is 17.2 Å². The van der Waals surface area contributed by atoms with Crippen molar-refractivity contribution >= 4 is 18.3 Å². The third-order valence-corrected chi connectivity index (χ3v) is 3.37. The van der Waals surface area contributed by atoms with E-state index >= 15 is 0 Å². The average molecular weight is 367 g/mol. The Morgan fingerprint density at radius 2 is 1.72 bits per heavy atom. The lowest BCUT2D eigenvalue weighted by atomic mass is 10.2. The molecule has 0 radical (unpaired) electrons. The Hall–Kier alpha value is -2.28. The van der Waals surface area contributed by atoms with Crippen molar-refractivity contribution in [3.8, 4) is 17.2 Å². The van der Waals surface area contributed by atoms with Crippen molar-refractivity contribution in [1.29, 1.82) is 0 Å². The highest BCUT2D eigenvalue weighted by Crippen LogP contribution is 2.30. The Morgan fingerprint density at radius 1 is 1.08 bits per heavy atom. The molecule has 0 aliphatic heterocycles. The molecule has 7 heteroatoms. The number of nitrogens with two attached hydrogens (primary N) is 1. The predicted octanol–water partition coefficient (Wildman–Crippen LogP) is 2.50. The van der Waals surface area contributed by atoms with Crippen LogP contribution in [0.4, 0.5) is 0 Å². The molecule has 1 atom stereocenters. The Balaban J connectivity index is 0.00000312. The number of nitrogens with one attached hydrogen (secondary N) is 1. The third kappa shape index (κ3) is 6.26. The van der Waals surface area contributed by atoms with E-state index in [4.69, 9.17) is 19.9 Å². The van der Waals surface area contributed by atoms with Crippen LogP contribution in [-0.2, 0) is 16.1 Å². The average Bonchev–Trinajstić information content (AvgIpc) is 2.61. The topological polar surface area (TPSA) is 82.8 Å². The summed E-state index contributed by atoms with van der Waals surface area (Å²) in [6.45, 7) is 0.586. The largest absolute Gasteiger partial charge is 0.493 e. The van der Waals surface area contributed by atoms with E-state index in [1.54, 1.807) is 7.11 Å². The van der Waals surface area contributed by atoms with Gasteiger partial charge in [-0.05, 0) is 29.8 Å². The maximum Gasteiger partial charge on any atom is 0.239 e. The van der Waals surface area contributed by atoms with E-state index in [2.05, 4.69) is 5.32 Å². The zero-order valence-electron chi connectivity index (χ0n) is 14.2. The van der Waals surface area contributed by atoms with Crippen molar-refractivity contribution in [1.82, 2.24) is 5.32 Å². The number of hydrogen-bond donors (Lipinski definition) is 2. The highest BCUT2D eigenvalue weighted by molar-refractivity contribution is 5.85. The van der Waals surface area contributed by atoms with Crippen LogP contribution < -0.4 is 20.5 Å². The van der Waals surface area contributed by atoms with Gasteiger partial charge in [0.05, 0.1) is 13.7 Å². The van der Waals surface area contributed by atoms with E-state index in [0.29, 0.717) is 23.8 Å². The van der Waals surface area contributed by atoms with Gasteiger partial charge in [-0.3, -0.25) is 4.79 Å². The SMILES string of the molecule is COCC(N)C(=O)NCc1ccc(Oc2ccccc2OC)cc1.Cl. The van der Waals surface area contributed by atoms with Gasteiger partial charge in [-0.1, -0.05) is 24.3 Å². The summed E-state index contributed by atoms with van der Waals surface area (Å²) in [5.41, 5.74) is 6.61. The summed E-state index contributed by atoms with van der Waals surface area (Å²) in [6, 6.07) is 14.2. The molecule has 0 heterocycles. The van der Waals surface area contributed by atoms with Gasteiger partial charge in [-0.25, -0.2) is 0 Å². The summed E-state index contributed by atoms with van der Waals surface area (Å²) in [5.74, 6) is 1.75. The molecule has 3 N–H and O–H groups in total. The van der Waals surface area contributed by atoms with Gasteiger partial charge in [-0.2, -0.15) is 0 Å². The first-order valence-electron chi connectivity index (χ1n) is 7.56. The summed E-state index contributed by atoms with van der Waals surface area (Å²) in [4.78, 5) is 11.7. The number of carbonyl (C=O) groups excluding carboxylic acids is 1. The summed E-state index contributed by atoms with van der Waals surface area (Å²) in [7, 11) is 3.11. The predicted molar refractivity (Wildman–Crippen MR) is 98.5 cm³/mol. The molecule has 136 valence electrons. The number of amides is 1. The Morgan fingerprint density at radius 3 is 2.32 bits per heavy atom. The standard InChI is InChI=1S/C18H22N2O4.ClH/c1-22-12-15(19)18(21)20-11-13-7-9-14(10-8-13)24-17-6-4-3-5-16(17)23-2;/h3-10,15H,11-12,19H2,1-2H3,(H,20,21);1H. The van der Waals surface area contributed by atoms with Crippen molar-refractivity contribution in [2.45, 2.75) is 12.6 Å². The molecular formula is C18H23ClN2O4. The van der Waals surface area contributed by atoms with Crippen LogP contribution >= 0.6 is 12.4 Å². The molecule has 2 aromatic rings. The molecule has 6 nitrogen and oxygen atoms in total. The molecule has 0 fully saturated rings. The molecule has 0 aliphatic carbocycles. The Labute approximate surface area is 153 Å². The van der Waals surface area contributed by atoms with Gasteiger partial charge in [-0.15, -0.1) is 12.4 Å². The summed E-state index contributed by atoms with van der Waals surface area (Å²) < 4.78 is 15.9. The first-order valence-corrected chi connectivity index (χ1v) is 7.56. The normalized spacial score (nSPS) is 11.2. The van der Waals surface area contributed by atoms with Crippen LogP contribution in [0, 0.1) is 0 Å². The van der Waals surface area contributed by atoms with Crippen LogP contribution in [0.25, 0.3) is 0 Å². The van der Waals surface area contributed by atoms with E-state index in [1.165, 1.54) is 7.11 Å². The number of carbonyl (C=O) groups is 1. The zero-order chi connectivity index (χ0) is 17.4. The summed E-state index contributed by atoms with van der Waals surface area (Å²) in [5, 5.41) is 2.77. The molecule has 25 heavy (non-hydrogen) atoms. The van der Waals surface area contributed by atoms with Crippen molar-refractivity contribution in [2.24, 2.45) is 5.73 Å². The Bertz CT molecular complexity index is 664. The fourth-order valence-corrected chi connectivity index (χ4v) is 2.08. The highest BCUT2D eigenvalue weighted by Gasteiger charge is 2.12. The molecule has 0 saturated heterocycles. The zero-order valence-corrected chi connectivity index (χ0v) is 15.0. The fourth-order valence-electron chi connectivity index (χ4n) is 2.08. The van der Waals surface area contributed by atoms with E-state index in [-0.39, 0.29) is 24.9 Å². The smallest absolute Gasteiger partial charge is 0.239 e. The quantitative estimate of drug-likeness (QED) is 0.750. The fraction of sp³-hybridized carbons (Fsp3) is 0.278. The third-order valence-electron chi connectivity index (χ3n) is 3.37. The van der Waals surface area contributed by atoms with Gasteiger partial charge in [0.1, 0.15) is 11.8 Å². The second-order valence-electron chi connectivity index (χ2n) is 5.18. The number of halogens is 1. The van der Waals surface area contributed by atoms with E-state index in [0.717, 1.165) is 5.56 Å². The molecular weight excluding hydrogens is 344 g/mol. The number of benzene rings is 2. The van der Waals surface area contributed by atoms with Gasteiger partial charge in [0.15, 0.2) is 11.5 Å². The first-order chi connectivity index (χ1) is 11.6. The van der Waals surface area contributed by atoms with Crippen LogP contribution in [-0.4, -0.2) is 32.8 Å². The monoisotopic (exact) mass is 366 g/mol. The molecule has 1 amide bonds. The second-order valence-corrected chi connectivity index (χ2v) is 5.18. The van der Waals surface area contributed by atoms with Crippen molar-refractivity contribution < 1.29 is 19.0 Å². The maximum atomic E-state index is 11.7. The number of methoxy groups -OCH3 is 2. The molecule has 0 saturated carbocycles. The van der Waals surface area contributed by atoms with Crippen LogP contribution in [0.1, 0.15) is 5.56 Å². The lowest BCUT2D eigenvalue weighted by Gasteiger charge is -2.12. The molecule has 0 spiro atoms. The molecule has 2 aromatic carbocycles. The number of rotatable bonds is 8. The molecule has 0 bridgehead atoms. The van der Waals surface area contributed by atoms with E-state index in [9.17, 15) is 4.79 Å². The minimum atomic E-state index is -0.664. The van der Waals surface area contributed by atoms with Gasteiger partial charge >= 0.3 is 0 Å². The van der Waals surface area contributed by atoms with Crippen LogP contribution in [0.2, 0.25) is 0 Å². The minimum Gasteiger partial charge on any atom is -0.493 e. The number of para-hydroxylation sites is 2. The van der Waals surface area contributed by atoms with Crippen molar-refractivity contribution in [2.75, 3.05) is 20.8 Å². The second kappa shape index (κ2) is 10.6. The van der Waals surface area contributed by atoms with Gasteiger partial charge in [0.25, 0.3) is 0 Å². The van der Waals surface area contributed by atoms with Gasteiger partial charge < -0.3 is 25.3 Å². The van der Waals surface area contributed by atoms with Crippen LogP contribution in [0.3, 0.4) is 0 Å². The van der Waals surface area contributed by atoms with Crippen LogP contribution in [0.15, 0.2) is 48.5 Å². The first kappa shape index (κ1) is 20.8.